The van der Waals surface area contributed by atoms with Crippen LogP contribution in [0.25, 0.3) is 0 Å². The summed E-state index contributed by atoms with van der Waals surface area (Å²) in [7, 11) is -3.02. The minimum Gasteiger partial charge on any atom is -0.324 e. The summed E-state index contributed by atoms with van der Waals surface area (Å²) in [4.78, 5) is 14.0. The van der Waals surface area contributed by atoms with Gasteiger partial charge in [-0.25, -0.2) is 8.42 Å². The molecule has 1 aliphatic heterocycles. The van der Waals surface area contributed by atoms with Gasteiger partial charge in [-0.2, -0.15) is 0 Å². The van der Waals surface area contributed by atoms with Crippen LogP contribution in [0, 0.1) is 5.92 Å². The Labute approximate surface area is 109 Å². The van der Waals surface area contributed by atoms with E-state index in [9.17, 15) is 13.2 Å². The summed E-state index contributed by atoms with van der Waals surface area (Å²) >= 11 is 0. The van der Waals surface area contributed by atoms with Gasteiger partial charge >= 0.3 is 0 Å². The molecule has 1 heterocycles. The summed E-state index contributed by atoms with van der Waals surface area (Å²) in [6.45, 7) is 6.05. The van der Waals surface area contributed by atoms with Crippen molar-refractivity contribution in [3.05, 3.63) is 0 Å². The minimum absolute atomic E-state index is 0.0212. The van der Waals surface area contributed by atoms with Crippen molar-refractivity contribution >= 4 is 15.7 Å². The maximum Gasteiger partial charge on any atom is 0.244 e. The molecule has 2 aliphatic rings. The molecule has 5 nitrogen and oxygen atoms in total. The van der Waals surface area contributed by atoms with Gasteiger partial charge in [-0.05, 0) is 18.8 Å². The lowest BCUT2D eigenvalue weighted by Gasteiger charge is -2.27. The number of hydrogen-bond acceptors (Lipinski definition) is 4. The van der Waals surface area contributed by atoms with Crippen LogP contribution < -0.4 is 5.32 Å². The molecule has 1 unspecified atom stereocenters. The largest absolute Gasteiger partial charge is 0.324 e. The van der Waals surface area contributed by atoms with Crippen LogP contribution in [0.5, 0.6) is 0 Å². The highest BCUT2D eigenvalue weighted by molar-refractivity contribution is 7.91. The van der Waals surface area contributed by atoms with Crippen LogP contribution in [0.4, 0.5) is 0 Å². The van der Waals surface area contributed by atoms with Crippen LogP contribution in [0.2, 0.25) is 0 Å². The molecule has 6 heteroatoms. The fourth-order valence-corrected chi connectivity index (χ4v) is 3.22. The van der Waals surface area contributed by atoms with Gasteiger partial charge in [-0.3, -0.25) is 10.1 Å². The molecule has 1 saturated heterocycles. The highest BCUT2D eigenvalue weighted by atomic mass is 32.2. The average Bonchev–Trinajstić information content (AvgIpc) is 3.02. The van der Waals surface area contributed by atoms with Crippen molar-refractivity contribution in [3.8, 4) is 0 Å². The number of rotatable bonds is 5. The van der Waals surface area contributed by atoms with E-state index < -0.39 is 9.84 Å². The van der Waals surface area contributed by atoms with Gasteiger partial charge in [-0.15, -0.1) is 0 Å². The fraction of sp³-hybridized carbons (Fsp3) is 0.917. The van der Waals surface area contributed by atoms with E-state index in [2.05, 4.69) is 5.32 Å². The number of nitrogens with one attached hydrogen (secondary N) is 1. The second-order valence-electron chi connectivity index (χ2n) is 5.65. The number of carbonyl (C=O) groups excluding carboxylic acids is 1. The van der Waals surface area contributed by atoms with Gasteiger partial charge in [-0.1, -0.05) is 20.8 Å². The predicted octanol–water partition coefficient (Wildman–Crippen LogP) is 0.368. The third-order valence-corrected chi connectivity index (χ3v) is 5.58. The van der Waals surface area contributed by atoms with E-state index in [1.807, 2.05) is 13.8 Å². The molecular weight excluding hydrogens is 252 g/mol. The number of carbonyl (C=O) groups is 1. The summed E-state index contributed by atoms with van der Waals surface area (Å²) in [5.41, 5.74) is -0.356. The molecule has 0 radical (unpaired) electrons. The molecular formula is C12H22N2O3S. The van der Waals surface area contributed by atoms with Crippen LogP contribution in [0.15, 0.2) is 0 Å². The number of nitrogens with zero attached hydrogens (tertiary/aromatic N) is 1. The Morgan fingerprint density at radius 2 is 2.06 bits per heavy atom. The van der Waals surface area contributed by atoms with Crippen LogP contribution >= 0.6 is 0 Å². The van der Waals surface area contributed by atoms with Gasteiger partial charge in [0.25, 0.3) is 0 Å². The van der Waals surface area contributed by atoms with Crippen LogP contribution in [0.3, 0.4) is 0 Å². The van der Waals surface area contributed by atoms with Crippen molar-refractivity contribution < 1.29 is 13.2 Å². The Hall–Kier alpha value is -0.620. The molecule has 1 spiro atoms. The normalized spacial score (nSPS) is 26.3. The maximum absolute atomic E-state index is 12.3. The quantitative estimate of drug-likeness (QED) is 0.786. The van der Waals surface area contributed by atoms with Crippen LogP contribution in [0.1, 0.15) is 33.6 Å². The lowest BCUT2D eigenvalue weighted by molar-refractivity contribution is -0.130. The first-order chi connectivity index (χ1) is 8.31. The molecule has 1 amide bonds. The van der Waals surface area contributed by atoms with E-state index in [1.165, 1.54) is 0 Å². The second kappa shape index (κ2) is 4.49. The van der Waals surface area contributed by atoms with E-state index >= 15 is 0 Å². The van der Waals surface area contributed by atoms with E-state index in [0.29, 0.717) is 12.5 Å². The highest BCUT2D eigenvalue weighted by Crippen LogP contribution is 2.43. The summed E-state index contributed by atoms with van der Waals surface area (Å²) in [6, 6.07) is 0. The molecule has 1 saturated carbocycles. The molecule has 0 aromatic heterocycles. The predicted molar refractivity (Wildman–Crippen MR) is 69.8 cm³/mol. The van der Waals surface area contributed by atoms with Crippen molar-refractivity contribution in [3.63, 3.8) is 0 Å². The molecule has 2 fully saturated rings. The standard InChI is InChI=1S/C12H22N2O3S/c1-4-18(16,17)8-7-14-10(9(2)3)13-12(5-6-12)11(14)15/h9-10,13H,4-8H2,1-3H3. The molecule has 18 heavy (non-hydrogen) atoms. The third-order valence-electron chi connectivity index (χ3n) is 3.89. The Morgan fingerprint density at radius 3 is 2.50 bits per heavy atom. The SMILES string of the molecule is CCS(=O)(=O)CCN1C(=O)C2(CC2)NC1C(C)C. The topological polar surface area (TPSA) is 66.5 Å². The maximum atomic E-state index is 12.3. The van der Waals surface area contributed by atoms with Gasteiger partial charge < -0.3 is 4.90 Å². The molecule has 0 aromatic carbocycles. The van der Waals surface area contributed by atoms with Crippen molar-refractivity contribution in [2.75, 3.05) is 18.1 Å². The van der Waals surface area contributed by atoms with Gasteiger partial charge in [0.2, 0.25) is 5.91 Å². The zero-order valence-electron chi connectivity index (χ0n) is 11.3. The molecule has 1 N–H and O–H groups in total. The molecule has 1 atom stereocenters. The first-order valence-electron chi connectivity index (χ1n) is 6.60. The number of sulfone groups is 1. The lowest BCUT2D eigenvalue weighted by Crippen LogP contribution is -2.43. The Morgan fingerprint density at radius 1 is 1.44 bits per heavy atom. The lowest BCUT2D eigenvalue weighted by atomic mass is 10.1. The monoisotopic (exact) mass is 274 g/mol. The molecule has 104 valence electrons. The Balaban J connectivity index is 2.07. The summed E-state index contributed by atoms with van der Waals surface area (Å²) < 4.78 is 23.1. The summed E-state index contributed by atoms with van der Waals surface area (Å²) in [6.07, 6.45) is 1.74. The summed E-state index contributed by atoms with van der Waals surface area (Å²) in [5, 5.41) is 3.38. The van der Waals surface area contributed by atoms with Crippen LogP contribution in [-0.2, 0) is 14.6 Å². The van der Waals surface area contributed by atoms with E-state index in [-0.39, 0.29) is 29.1 Å². The third kappa shape index (κ3) is 2.40. The van der Waals surface area contributed by atoms with Gasteiger partial charge in [0.05, 0.1) is 17.5 Å². The van der Waals surface area contributed by atoms with Crippen molar-refractivity contribution in [1.82, 2.24) is 10.2 Å². The van der Waals surface area contributed by atoms with Crippen LogP contribution in [-0.4, -0.2) is 49.0 Å². The van der Waals surface area contributed by atoms with Gasteiger partial charge in [0.15, 0.2) is 9.84 Å². The summed E-state index contributed by atoms with van der Waals surface area (Å²) in [5.74, 6) is 0.585. The zero-order valence-corrected chi connectivity index (χ0v) is 12.1. The molecule has 1 aliphatic carbocycles. The average molecular weight is 274 g/mol. The zero-order chi connectivity index (χ0) is 13.6. The molecule has 2 rings (SSSR count). The van der Waals surface area contributed by atoms with Gasteiger partial charge in [0.1, 0.15) is 0 Å². The van der Waals surface area contributed by atoms with Gasteiger partial charge in [0, 0.05) is 12.3 Å². The smallest absolute Gasteiger partial charge is 0.244 e. The minimum atomic E-state index is -3.02. The highest BCUT2D eigenvalue weighted by Gasteiger charge is 2.59. The van der Waals surface area contributed by atoms with Crippen molar-refractivity contribution in [2.45, 2.75) is 45.3 Å². The number of hydrogen-bond donors (Lipinski definition) is 1. The first-order valence-corrected chi connectivity index (χ1v) is 8.43. The van der Waals surface area contributed by atoms with Crippen molar-refractivity contribution in [2.24, 2.45) is 5.92 Å². The molecule has 0 aromatic rings. The fourth-order valence-electron chi connectivity index (χ4n) is 2.46. The van der Waals surface area contributed by atoms with E-state index in [1.54, 1.807) is 11.8 Å². The molecule has 0 bridgehead atoms. The Bertz CT molecular complexity index is 440. The first kappa shape index (κ1) is 13.8. The second-order valence-corrected chi connectivity index (χ2v) is 8.12. The van der Waals surface area contributed by atoms with E-state index in [0.717, 1.165) is 12.8 Å². The Kier molecular flexibility index (Phi) is 3.44. The number of amides is 1. The van der Waals surface area contributed by atoms with Crippen molar-refractivity contribution in [1.29, 1.82) is 0 Å². The van der Waals surface area contributed by atoms with E-state index in [4.69, 9.17) is 0 Å².